The number of aliphatic hydroxyl groups is 1. The first kappa shape index (κ1) is 31.8. The summed E-state index contributed by atoms with van der Waals surface area (Å²) in [4.78, 5) is 25.8. The summed E-state index contributed by atoms with van der Waals surface area (Å²) in [5.41, 5.74) is 3.33. The predicted molar refractivity (Wildman–Crippen MR) is 170 cm³/mol. The molecule has 0 heterocycles. The van der Waals surface area contributed by atoms with Crippen LogP contribution in [-0.4, -0.2) is 34.4 Å². The number of aliphatic hydroxyl groups excluding tert-OH is 1. The minimum absolute atomic E-state index is 0.0855. The van der Waals surface area contributed by atoms with Crippen molar-refractivity contribution in [1.82, 2.24) is 0 Å². The third-order valence-electron chi connectivity index (χ3n) is 12.8. The molecule has 2 N–H and O–H groups in total. The van der Waals surface area contributed by atoms with Gasteiger partial charge in [-0.05, 0) is 90.9 Å². The molecule has 4 aliphatic rings. The number of fused-ring (bicyclic) bond motifs is 5. The molecule has 5 rings (SSSR count). The number of rotatable bonds is 8. The Hall–Kier alpha value is -2.66. The lowest BCUT2D eigenvalue weighted by atomic mass is 9.44. The van der Waals surface area contributed by atoms with Crippen molar-refractivity contribution < 1.29 is 24.5 Å². The van der Waals surface area contributed by atoms with Gasteiger partial charge in [-0.3, -0.25) is 4.79 Å². The lowest BCUT2D eigenvalue weighted by Gasteiger charge is -2.61. The number of carboxylic acids is 1. The third-order valence-corrected chi connectivity index (χ3v) is 12.8. The number of aliphatic carboxylic acids is 1. The number of esters is 1. The van der Waals surface area contributed by atoms with Gasteiger partial charge in [-0.2, -0.15) is 0 Å². The van der Waals surface area contributed by atoms with E-state index >= 15 is 0 Å². The molecule has 1 aromatic rings. The van der Waals surface area contributed by atoms with Gasteiger partial charge in [0, 0.05) is 16.7 Å². The summed E-state index contributed by atoms with van der Waals surface area (Å²) in [6, 6.07) is 9.24. The zero-order valence-corrected chi connectivity index (χ0v) is 27.3. The first-order valence-corrected chi connectivity index (χ1v) is 16.3. The molecular weight excluding hydrogens is 536 g/mol. The average Bonchev–Trinajstić information content (AvgIpc) is 3.15. The molecule has 0 amide bonds. The van der Waals surface area contributed by atoms with E-state index in [1.54, 1.807) is 12.1 Å². The highest BCUT2D eigenvalue weighted by Crippen LogP contribution is 2.72. The molecule has 0 unspecified atom stereocenters. The molecule has 0 aliphatic heterocycles. The van der Waals surface area contributed by atoms with Gasteiger partial charge in [0.15, 0.2) is 0 Å². The molecule has 8 atom stereocenters. The lowest BCUT2D eigenvalue weighted by Crippen LogP contribution is -2.55. The van der Waals surface area contributed by atoms with Crippen molar-refractivity contribution in [1.29, 1.82) is 0 Å². The Morgan fingerprint density at radius 3 is 2.35 bits per heavy atom. The molecule has 0 spiro atoms. The van der Waals surface area contributed by atoms with Crippen molar-refractivity contribution in [3.63, 3.8) is 0 Å². The van der Waals surface area contributed by atoms with E-state index in [-0.39, 0.29) is 39.7 Å². The summed E-state index contributed by atoms with van der Waals surface area (Å²) >= 11 is 0. The lowest BCUT2D eigenvalue weighted by molar-refractivity contribution is -0.148. The van der Waals surface area contributed by atoms with E-state index in [1.807, 2.05) is 18.2 Å². The van der Waals surface area contributed by atoms with Crippen molar-refractivity contribution in [2.45, 2.75) is 106 Å². The van der Waals surface area contributed by atoms with Crippen LogP contribution in [0.4, 0.5) is 0 Å². The van der Waals surface area contributed by atoms with Gasteiger partial charge in [-0.25, -0.2) is 4.79 Å². The molecule has 5 heteroatoms. The summed E-state index contributed by atoms with van der Waals surface area (Å²) in [5, 5.41) is 22.1. The number of carbonyl (C=O) groups is 2. The Balaban J connectivity index is 1.44. The summed E-state index contributed by atoms with van der Waals surface area (Å²) in [6.07, 6.45) is 9.03. The second kappa shape index (κ2) is 11.1. The van der Waals surface area contributed by atoms with Gasteiger partial charge >= 0.3 is 11.9 Å². The fourth-order valence-corrected chi connectivity index (χ4v) is 9.87. The fraction of sp³-hybridized carbons (Fsp3) is 0.632. The number of benzene rings is 1. The number of hydrogen-bond acceptors (Lipinski definition) is 4. The Morgan fingerprint density at radius 2 is 1.72 bits per heavy atom. The fourth-order valence-electron chi connectivity index (χ4n) is 9.87. The monoisotopic (exact) mass is 588 g/mol. The number of hydrogen-bond donors (Lipinski definition) is 2. The number of ether oxygens (including phenoxy) is 1. The summed E-state index contributed by atoms with van der Waals surface area (Å²) in [7, 11) is 0. The van der Waals surface area contributed by atoms with E-state index in [2.05, 4.69) is 67.2 Å². The molecule has 1 aromatic carbocycles. The van der Waals surface area contributed by atoms with Crippen LogP contribution in [0.5, 0.6) is 0 Å². The highest BCUT2D eigenvalue weighted by molar-refractivity contribution is 5.89. The van der Waals surface area contributed by atoms with Gasteiger partial charge in [-0.15, -0.1) is 0 Å². The van der Waals surface area contributed by atoms with Crippen molar-refractivity contribution in [2.75, 3.05) is 0 Å². The minimum Gasteiger partial charge on any atom is -0.481 e. The molecule has 0 bridgehead atoms. The predicted octanol–water partition coefficient (Wildman–Crippen LogP) is 8.40. The number of allylic oxidation sites excluding steroid dienone is 5. The first-order valence-electron chi connectivity index (χ1n) is 16.3. The van der Waals surface area contributed by atoms with Crippen LogP contribution in [0, 0.1) is 45.3 Å². The van der Waals surface area contributed by atoms with Crippen molar-refractivity contribution in [3.8, 4) is 0 Å². The van der Waals surface area contributed by atoms with Crippen LogP contribution in [-0.2, 0) is 9.53 Å². The maximum atomic E-state index is 13.0. The Kier molecular flexibility index (Phi) is 8.16. The number of carbonyl (C=O) groups excluding carboxylic acids is 1. The molecule has 5 nitrogen and oxygen atoms in total. The second-order valence-electron chi connectivity index (χ2n) is 15.6. The number of carboxylic acid groups (broad SMARTS) is 1. The van der Waals surface area contributed by atoms with E-state index in [4.69, 9.17) is 4.74 Å². The molecule has 2 saturated carbocycles. The van der Waals surface area contributed by atoms with Crippen LogP contribution in [0.1, 0.15) is 104 Å². The van der Waals surface area contributed by atoms with Crippen LogP contribution in [0.2, 0.25) is 0 Å². The van der Waals surface area contributed by atoms with Gasteiger partial charge < -0.3 is 14.9 Å². The van der Waals surface area contributed by atoms with Crippen molar-refractivity contribution >= 4 is 11.9 Å². The van der Waals surface area contributed by atoms with Gasteiger partial charge in [-0.1, -0.05) is 91.0 Å². The van der Waals surface area contributed by atoms with Crippen molar-refractivity contribution in [3.05, 3.63) is 71.3 Å². The largest absolute Gasteiger partial charge is 0.481 e. The quantitative estimate of drug-likeness (QED) is 0.235. The van der Waals surface area contributed by atoms with Crippen molar-refractivity contribution in [2.24, 2.45) is 45.3 Å². The zero-order valence-electron chi connectivity index (χ0n) is 27.3. The van der Waals surface area contributed by atoms with Crippen LogP contribution >= 0.6 is 0 Å². The van der Waals surface area contributed by atoms with E-state index < -0.39 is 18.0 Å². The Labute approximate surface area is 258 Å². The normalized spacial score (nSPS) is 36.9. The smallest absolute Gasteiger partial charge is 0.338 e. The molecule has 0 saturated heterocycles. The van der Waals surface area contributed by atoms with Gasteiger partial charge in [0.05, 0.1) is 17.6 Å². The van der Waals surface area contributed by atoms with Crippen LogP contribution in [0.25, 0.3) is 0 Å². The minimum atomic E-state index is -0.810. The Morgan fingerprint density at radius 1 is 1.05 bits per heavy atom. The average molecular weight is 589 g/mol. The van der Waals surface area contributed by atoms with E-state index in [0.29, 0.717) is 36.7 Å². The summed E-state index contributed by atoms with van der Waals surface area (Å²) in [6.45, 7) is 19.8. The molecule has 0 aromatic heterocycles. The van der Waals surface area contributed by atoms with Crippen LogP contribution in [0.15, 0.2) is 65.8 Å². The molecule has 43 heavy (non-hydrogen) atoms. The molecule has 234 valence electrons. The molecule has 0 radical (unpaired) electrons. The maximum Gasteiger partial charge on any atom is 0.338 e. The van der Waals surface area contributed by atoms with Gasteiger partial charge in [0.25, 0.3) is 0 Å². The SMILES string of the molecule is C=C(CC[C@@H](C(=O)O)[C@H]1[C@H](O)C[C@@]2(C)C3=CC[C@H]4C(C)(C)[C@@H](OC(=O)c5ccccc5)CC[C@]4(C)C3=CC[C@]12C)C(C)C. The van der Waals surface area contributed by atoms with Gasteiger partial charge in [0.1, 0.15) is 6.10 Å². The van der Waals surface area contributed by atoms with E-state index in [0.717, 1.165) is 31.3 Å². The Bertz CT molecular complexity index is 1340. The van der Waals surface area contributed by atoms with Crippen LogP contribution < -0.4 is 0 Å². The third kappa shape index (κ3) is 4.94. The topological polar surface area (TPSA) is 83.8 Å². The maximum absolute atomic E-state index is 13.0. The highest BCUT2D eigenvalue weighted by Gasteiger charge is 2.66. The van der Waals surface area contributed by atoms with E-state index in [1.165, 1.54) is 11.1 Å². The summed E-state index contributed by atoms with van der Waals surface area (Å²) < 4.78 is 6.19. The zero-order chi connectivity index (χ0) is 31.5. The highest BCUT2D eigenvalue weighted by atomic mass is 16.5. The van der Waals surface area contributed by atoms with Crippen LogP contribution in [0.3, 0.4) is 0 Å². The standard InChI is InChI=1S/C38H52O5/c1-23(2)24(3)14-15-26(33(40)41)32-29(39)22-38(8)28-16-17-30-35(4,5)31(43-34(42)25-12-10-9-11-13-25)19-20-36(30,6)27(28)18-21-37(32,38)7/h9-13,16,18,23,26,29-32,39H,3,14-15,17,19-22H2,1-2,4-8H3,(H,40,41)/t26-,29-,30+,31+,32+,36-,37-,38+/m1/s1. The van der Waals surface area contributed by atoms with Gasteiger partial charge in [0.2, 0.25) is 0 Å². The molecule has 4 aliphatic carbocycles. The second-order valence-corrected chi connectivity index (χ2v) is 15.6. The molecule has 2 fully saturated rings. The molecular formula is C38H52O5. The summed E-state index contributed by atoms with van der Waals surface area (Å²) in [5.74, 6) is -1.41. The first-order chi connectivity index (χ1) is 20.1. The van der Waals surface area contributed by atoms with E-state index in [9.17, 15) is 19.8 Å².